The summed E-state index contributed by atoms with van der Waals surface area (Å²) in [6.45, 7) is 0.259. The van der Waals surface area contributed by atoms with Gasteiger partial charge in [-0.3, -0.25) is 4.79 Å². The summed E-state index contributed by atoms with van der Waals surface area (Å²) in [5.41, 5.74) is 0.677. The topological polar surface area (TPSA) is 69.6 Å². The van der Waals surface area contributed by atoms with Crippen molar-refractivity contribution in [1.29, 1.82) is 0 Å². The molecule has 0 atom stereocenters. The molecule has 6 heteroatoms. The van der Waals surface area contributed by atoms with Crippen LogP contribution >= 0.6 is 22.6 Å². The maximum Gasteiger partial charge on any atom is 0.323 e. The van der Waals surface area contributed by atoms with Crippen molar-refractivity contribution in [2.75, 3.05) is 18.4 Å². The molecule has 1 aromatic rings. The van der Waals surface area contributed by atoms with Crippen molar-refractivity contribution in [3.63, 3.8) is 0 Å². The number of carboxylic acids is 1. The number of anilines is 1. The van der Waals surface area contributed by atoms with Gasteiger partial charge in [0.2, 0.25) is 0 Å². The molecule has 0 spiro atoms. The number of nitrogens with one attached hydrogen (secondary N) is 1. The van der Waals surface area contributed by atoms with Gasteiger partial charge in [-0.1, -0.05) is 0 Å². The summed E-state index contributed by atoms with van der Waals surface area (Å²) < 4.78 is 1.08. The van der Waals surface area contributed by atoms with Crippen LogP contribution in [0.5, 0.6) is 0 Å². The molecule has 1 aliphatic carbocycles. The van der Waals surface area contributed by atoms with Gasteiger partial charge in [0, 0.05) is 15.8 Å². The van der Waals surface area contributed by atoms with Crippen molar-refractivity contribution >= 4 is 40.3 Å². The van der Waals surface area contributed by atoms with Gasteiger partial charge in [-0.2, -0.15) is 0 Å². The third kappa shape index (κ3) is 4.70. The van der Waals surface area contributed by atoms with Crippen molar-refractivity contribution < 1.29 is 14.7 Å². The van der Waals surface area contributed by atoms with Gasteiger partial charge in [0.1, 0.15) is 6.54 Å². The number of amides is 2. The predicted octanol–water partition coefficient (Wildman–Crippen LogP) is 2.62. The van der Waals surface area contributed by atoms with Crippen LogP contribution in [0.2, 0.25) is 0 Å². The van der Waals surface area contributed by atoms with Crippen molar-refractivity contribution in [1.82, 2.24) is 4.90 Å². The van der Waals surface area contributed by atoms with E-state index in [0.29, 0.717) is 18.2 Å². The van der Waals surface area contributed by atoms with Gasteiger partial charge in [-0.25, -0.2) is 4.79 Å². The lowest BCUT2D eigenvalue weighted by atomic mass is 10.3. The standard InChI is InChI=1S/C13H15IN2O3/c14-10-3-5-11(6-4-10)15-13(19)16(8-12(17)18)7-9-1-2-9/h3-6,9H,1-2,7-8H2,(H,15,19)(H,17,18). The van der Waals surface area contributed by atoms with Crippen LogP contribution in [0.15, 0.2) is 24.3 Å². The predicted molar refractivity (Wildman–Crippen MR) is 80.1 cm³/mol. The van der Waals surface area contributed by atoms with Gasteiger partial charge in [0.15, 0.2) is 0 Å². The van der Waals surface area contributed by atoms with Crippen LogP contribution in [-0.2, 0) is 4.79 Å². The SMILES string of the molecule is O=C(O)CN(CC1CC1)C(=O)Nc1ccc(I)cc1. The van der Waals surface area contributed by atoms with Crippen LogP contribution in [-0.4, -0.2) is 35.1 Å². The average Bonchev–Trinajstić information content (AvgIpc) is 3.14. The van der Waals surface area contributed by atoms with Gasteiger partial charge >= 0.3 is 12.0 Å². The Labute approximate surface area is 125 Å². The Morgan fingerprint density at radius 2 is 1.95 bits per heavy atom. The molecule has 0 aliphatic heterocycles. The minimum Gasteiger partial charge on any atom is -0.480 e. The number of aliphatic carboxylic acids is 1. The van der Waals surface area contributed by atoms with E-state index in [0.717, 1.165) is 16.4 Å². The summed E-state index contributed by atoms with van der Waals surface area (Å²) in [6.07, 6.45) is 2.15. The minimum absolute atomic E-state index is 0.257. The molecular weight excluding hydrogens is 359 g/mol. The number of benzene rings is 1. The number of carbonyl (C=O) groups excluding carboxylic acids is 1. The minimum atomic E-state index is -0.988. The molecule has 0 aromatic heterocycles. The van der Waals surface area contributed by atoms with Crippen molar-refractivity contribution in [3.05, 3.63) is 27.8 Å². The Morgan fingerprint density at radius 3 is 2.47 bits per heavy atom. The first kappa shape index (κ1) is 14.1. The molecule has 1 aromatic carbocycles. The Kier molecular flexibility index (Phi) is 4.62. The highest BCUT2D eigenvalue weighted by atomic mass is 127. The molecule has 0 radical (unpaired) electrons. The molecule has 0 bridgehead atoms. The second-order valence-corrected chi connectivity index (χ2v) is 5.90. The van der Waals surface area contributed by atoms with Gasteiger partial charge in [0.05, 0.1) is 0 Å². The van der Waals surface area contributed by atoms with E-state index >= 15 is 0 Å². The number of urea groups is 1. The number of carboxylic acid groups (broad SMARTS) is 1. The lowest BCUT2D eigenvalue weighted by Crippen LogP contribution is -2.40. The van der Waals surface area contributed by atoms with E-state index in [1.165, 1.54) is 4.90 Å². The van der Waals surface area contributed by atoms with E-state index in [1.54, 1.807) is 12.1 Å². The Balaban J connectivity index is 1.97. The molecule has 2 amide bonds. The summed E-state index contributed by atoms with van der Waals surface area (Å²) in [6, 6.07) is 7.03. The number of nitrogens with zero attached hydrogens (tertiary/aromatic N) is 1. The van der Waals surface area contributed by atoms with E-state index < -0.39 is 5.97 Å². The molecule has 2 rings (SSSR count). The maximum atomic E-state index is 12.0. The Morgan fingerprint density at radius 1 is 1.32 bits per heavy atom. The second kappa shape index (κ2) is 6.23. The largest absolute Gasteiger partial charge is 0.480 e. The summed E-state index contributed by atoms with van der Waals surface area (Å²) in [5, 5.41) is 11.6. The van der Waals surface area contributed by atoms with E-state index in [2.05, 4.69) is 27.9 Å². The maximum absolute atomic E-state index is 12.0. The molecule has 1 saturated carbocycles. The monoisotopic (exact) mass is 374 g/mol. The first-order chi connectivity index (χ1) is 9.04. The molecule has 0 saturated heterocycles. The first-order valence-electron chi connectivity index (χ1n) is 6.08. The van der Waals surface area contributed by atoms with Gasteiger partial charge in [-0.05, 0) is 65.6 Å². The molecule has 0 heterocycles. The van der Waals surface area contributed by atoms with E-state index in [4.69, 9.17) is 5.11 Å². The van der Waals surface area contributed by atoms with Crippen LogP contribution in [0.4, 0.5) is 10.5 Å². The lowest BCUT2D eigenvalue weighted by Gasteiger charge is -2.21. The summed E-state index contributed by atoms with van der Waals surface area (Å²) in [7, 11) is 0. The first-order valence-corrected chi connectivity index (χ1v) is 7.16. The Hall–Kier alpha value is -1.31. The highest BCUT2D eigenvalue weighted by molar-refractivity contribution is 14.1. The normalized spacial score (nSPS) is 13.9. The number of carbonyl (C=O) groups is 2. The van der Waals surface area contributed by atoms with Crippen molar-refractivity contribution in [2.24, 2.45) is 5.92 Å². The fourth-order valence-electron chi connectivity index (χ4n) is 1.73. The lowest BCUT2D eigenvalue weighted by molar-refractivity contribution is -0.137. The van der Waals surface area contributed by atoms with Crippen molar-refractivity contribution in [2.45, 2.75) is 12.8 Å². The molecule has 1 fully saturated rings. The third-order valence-corrected chi connectivity index (χ3v) is 3.60. The number of rotatable bonds is 5. The number of hydrogen-bond donors (Lipinski definition) is 2. The molecule has 2 N–H and O–H groups in total. The van der Waals surface area contributed by atoms with Gasteiger partial charge in [0.25, 0.3) is 0 Å². The summed E-state index contributed by atoms with van der Waals surface area (Å²) >= 11 is 2.18. The fraction of sp³-hybridized carbons (Fsp3) is 0.385. The van der Waals surface area contributed by atoms with E-state index in [-0.39, 0.29) is 12.6 Å². The molecule has 1 aliphatic rings. The highest BCUT2D eigenvalue weighted by Crippen LogP contribution is 2.29. The summed E-state index contributed by atoms with van der Waals surface area (Å²) in [5.74, 6) is -0.528. The molecule has 102 valence electrons. The summed E-state index contributed by atoms with van der Waals surface area (Å²) in [4.78, 5) is 24.2. The van der Waals surface area contributed by atoms with Gasteiger partial charge in [-0.15, -0.1) is 0 Å². The van der Waals surface area contributed by atoms with Gasteiger partial charge < -0.3 is 15.3 Å². The van der Waals surface area contributed by atoms with Crippen LogP contribution in [0, 0.1) is 9.49 Å². The van der Waals surface area contributed by atoms with E-state index in [9.17, 15) is 9.59 Å². The average molecular weight is 374 g/mol. The zero-order chi connectivity index (χ0) is 13.8. The molecule has 5 nitrogen and oxygen atoms in total. The zero-order valence-corrected chi connectivity index (χ0v) is 12.5. The number of halogens is 1. The third-order valence-electron chi connectivity index (χ3n) is 2.88. The van der Waals surface area contributed by atoms with Crippen LogP contribution in [0.1, 0.15) is 12.8 Å². The molecule has 0 unspecified atom stereocenters. The number of hydrogen-bond acceptors (Lipinski definition) is 2. The second-order valence-electron chi connectivity index (χ2n) is 4.65. The molecule has 19 heavy (non-hydrogen) atoms. The quantitative estimate of drug-likeness (QED) is 0.779. The van der Waals surface area contributed by atoms with E-state index in [1.807, 2.05) is 12.1 Å². The Bertz CT molecular complexity index is 471. The van der Waals surface area contributed by atoms with Crippen molar-refractivity contribution in [3.8, 4) is 0 Å². The van der Waals surface area contributed by atoms with Crippen LogP contribution < -0.4 is 5.32 Å². The van der Waals surface area contributed by atoms with Crippen LogP contribution in [0.3, 0.4) is 0 Å². The van der Waals surface area contributed by atoms with Crippen LogP contribution in [0.25, 0.3) is 0 Å². The zero-order valence-electron chi connectivity index (χ0n) is 10.3. The molecular formula is C13H15IN2O3. The fourth-order valence-corrected chi connectivity index (χ4v) is 2.09. The highest BCUT2D eigenvalue weighted by Gasteiger charge is 2.27. The smallest absolute Gasteiger partial charge is 0.323 e.